The fourth-order valence-corrected chi connectivity index (χ4v) is 3.81. The van der Waals surface area contributed by atoms with Gasteiger partial charge in [-0.3, -0.25) is 14.5 Å². The molecule has 1 heterocycles. The van der Waals surface area contributed by atoms with E-state index in [-0.39, 0.29) is 5.91 Å². The van der Waals surface area contributed by atoms with Crippen LogP contribution < -0.4 is 29.2 Å². The Morgan fingerprint density at radius 1 is 0.879 bits per heavy atom. The molecule has 1 aliphatic rings. The minimum Gasteiger partial charge on any atom is -0.497 e. The van der Waals surface area contributed by atoms with E-state index in [1.165, 1.54) is 14.0 Å². The molecule has 0 saturated heterocycles. The molecule has 0 unspecified atom stereocenters. The molecule has 0 saturated carbocycles. The van der Waals surface area contributed by atoms with E-state index in [0.717, 1.165) is 5.56 Å². The predicted octanol–water partition coefficient (Wildman–Crippen LogP) is 4.41. The van der Waals surface area contributed by atoms with Gasteiger partial charge in [-0.15, -0.1) is 0 Å². The monoisotopic (exact) mass is 448 g/mol. The maximum atomic E-state index is 13.7. The molecule has 1 N–H and O–H groups in total. The molecule has 3 aromatic carbocycles. The van der Waals surface area contributed by atoms with Crippen molar-refractivity contribution >= 4 is 23.3 Å². The molecule has 0 fully saturated rings. The van der Waals surface area contributed by atoms with E-state index >= 15 is 0 Å². The van der Waals surface area contributed by atoms with E-state index in [1.54, 1.807) is 61.6 Å². The summed E-state index contributed by atoms with van der Waals surface area (Å²) in [4.78, 5) is 26.8. The largest absolute Gasteiger partial charge is 0.497 e. The van der Waals surface area contributed by atoms with Crippen LogP contribution in [0, 0.1) is 0 Å². The summed E-state index contributed by atoms with van der Waals surface area (Å²) < 4.78 is 21.6. The molecule has 3 aromatic rings. The summed E-state index contributed by atoms with van der Waals surface area (Å²) in [5.74, 6) is 1.11. The van der Waals surface area contributed by atoms with Gasteiger partial charge in [0.25, 0.3) is 5.91 Å². The Labute approximate surface area is 191 Å². The molecule has 170 valence electrons. The highest BCUT2D eigenvalue weighted by molar-refractivity contribution is 6.12. The molecule has 8 nitrogen and oxygen atoms in total. The Hall–Kier alpha value is -4.20. The Bertz CT molecular complexity index is 1210. The fraction of sp³-hybridized carbons (Fsp3) is 0.200. The topological polar surface area (TPSA) is 86.3 Å². The highest BCUT2D eigenvalue weighted by Crippen LogP contribution is 2.43. The molecule has 0 bridgehead atoms. The average Bonchev–Trinajstić information content (AvgIpc) is 2.83. The first-order chi connectivity index (χ1) is 16.0. The van der Waals surface area contributed by atoms with Crippen molar-refractivity contribution in [3.63, 3.8) is 0 Å². The Kier molecular flexibility index (Phi) is 6.08. The number of nitrogens with zero attached hydrogens (tertiary/aromatic N) is 1. The number of rotatable bonds is 6. The molecule has 0 aliphatic carbocycles. The molecule has 0 aromatic heterocycles. The summed E-state index contributed by atoms with van der Waals surface area (Å²) in [6.45, 7) is 1.32. The van der Waals surface area contributed by atoms with E-state index < -0.39 is 12.1 Å². The summed E-state index contributed by atoms with van der Waals surface area (Å²) in [5, 5.41) is 3.44. The van der Waals surface area contributed by atoms with Crippen LogP contribution in [0.1, 0.15) is 29.0 Å². The summed E-state index contributed by atoms with van der Waals surface area (Å²) >= 11 is 0. The minimum absolute atomic E-state index is 0.194. The zero-order chi connectivity index (χ0) is 23.5. The van der Waals surface area contributed by atoms with E-state index in [9.17, 15) is 9.59 Å². The highest BCUT2D eigenvalue weighted by Gasteiger charge is 2.36. The van der Waals surface area contributed by atoms with Gasteiger partial charge in [-0.25, -0.2) is 0 Å². The number of carbonyl (C=O) groups excluding carboxylic acids is 2. The van der Waals surface area contributed by atoms with E-state index in [1.807, 2.05) is 18.2 Å². The van der Waals surface area contributed by atoms with Crippen molar-refractivity contribution in [2.24, 2.45) is 0 Å². The van der Waals surface area contributed by atoms with Crippen molar-refractivity contribution in [2.75, 3.05) is 31.5 Å². The summed E-state index contributed by atoms with van der Waals surface area (Å²) in [7, 11) is 4.60. The minimum atomic E-state index is -0.588. The lowest BCUT2D eigenvalue weighted by atomic mass is 10.0. The zero-order valence-corrected chi connectivity index (χ0v) is 18.7. The standard InChI is InChI=1S/C25H24N2O6/c1-15(28)33-21-12-9-16(13-23(21)32-4)24-26-19-8-6-5-7-18(19)25(29)27(24)20-11-10-17(30-2)14-22(20)31-3/h5-14,24,26H,1-4H3/t24-/m1/s1. The van der Waals surface area contributed by atoms with E-state index in [4.69, 9.17) is 18.9 Å². The van der Waals surface area contributed by atoms with Gasteiger partial charge in [-0.05, 0) is 42.0 Å². The molecule has 33 heavy (non-hydrogen) atoms. The van der Waals surface area contributed by atoms with Gasteiger partial charge in [0.1, 0.15) is 17.7 Å². The van der Waals surface area contributed by atoms with Crippen molar-refractivity contribution in [3.05, 3.63) is 71.8 Å². The fourth-order valence-electron chi connectivity index (χ4n) is 3.81. The number of carbonyl (C=O) groups is 2. The smallest absolute Gasteiger partial charge is 0.308 e. The van der Waals surface area contributed by atoms with Gasteiger partial charge in [0.05, 0.1) is 32.6 Å². The molecule has 0 radical (unpaired) electrons. The second kappa shape index (κ2) is 9.12. The first kappa shape index (κ1) is 22.0. The van der Waals surface area contributed by atoms with Crippen molar-refractivity contribution in [3.8, 4) is 23.0 Å². The number of hydrogen-bond donors (Lipinski definition) is 1. The quantitative estimate of drug-likeness (QED) is 0.442. The third kappa shape index (κ3) is 4.15. The predicted molar refractivity (Wildman–Crippen MR) is 123 cm³/mol. The molecule has 0 spiro atoms. The summed E-state index contributed by atoms with van der Waals surface area (Å²) in [6.07, 6.45) is -0.588. The molecule has 1 aliphatic heterocycles. The van der Waals surface area contributed by atoms with Crippen molar-refractivity contribution in [1.82, 2.24) is 0 Å². The first-order valence-electron chi connectivity index (χ1n) is 10.2. The van der Waals surface area contributed by atoms with E-state index in [0.29, 0.717) is 39.9 Å². The van der Waals surface area contributed by atoms with Gasteiger partial charge in [-0.1, -0.05) is 18.2 Å². The lowest BCUT2D eigenvalue weighted by Crippen LogP contribution is -2.43. The first-order valence-corrected chi connectivity index (χ1v) is 10.2. The van der Waals surface area contributed by atoms with Crippen molar-refractivity contribution in [2.45, 2.75) is 13.1 Å². The number of para-hydroxylation sites is 1. The Morgan fingerprint density at radius 2 is 1.64 bits per heavy atom. The molecule has 4 rings (SSSR count). The van der Waals surface area contributed by atoms with Crippen LogP contribution in [-0.2, 0) is 4.79 Å². The number of nitrogens with one attached hydrogen (secondary N) is 1. The number of methoxy groups -OCH3 is 3. The second-order valence-electron chi connectivity index (χ2n) is 7.31. The number of amides is 1. The van der Waals surface area contributed by atoms with Crippen LogP contribution in [0.25, 0.3) is 0 Å². The third-order valence-corrected chi connectivity index (χ3v) is 5.33. The lowest BCUT2D eigenvalue weighted by molar-refractivity contribution is -0.132. The average molecular weight is 448 g/mol. The number of esters is 1. The van der Waals surface area contributed by atoms with Crippen LogP contribution in [0.4, 0.5) is 11.4 Å². The maximum absolute atomic E-state index is 13.7. The van der Waals surface area contributed by atoms with Gasteiger partial charge < -0.3 is 24.3 Å². The van der Waals surface area contributed by atoms with Crippen LogP contribution in [0.15, 0.2) is 60.7 Å². The second-order valence-corrected chi connectivity index (χ2v) is 7.31. The van der Waals surface area contributed by atoms with Gasteiger partial charge in [-0.2, -0.15) is 0 Å². The normalized spacial score (nSPS) is 14.7. The van der Waals surface area contributed by atoms with Crippen LogP contribution in [0.5, 0.6) is 23.0 Å². The number of hydrogen-bond acceptors (Lipinski definition) is 7. The Morgan fingerprint density at radius 3 is 2.33 bits per heavy atom. The highest BCUT2D eigenvalue weighted by atomic mass is 16.6. The number of fused-ring (bicyclic) bond motifs is 1. The van der Waals surface area contributed by atoms with Gasteiger partial charge in [0.15, 0.2) is 11.5 Å². The summed E-state index contributed by atoms with van der Waals surface area (Å²) in [5.41, 5.74) is 2.54. The van der Waals surface area contributed by atoms with E-state index in [2.05, 4.69) is 5.32 Å². The molecular formula is C25H24N2O6. The molecule has 8 heteroatoms. The third-order valence-electron chi connectivity index (χ3n) is 5.33. The van der Waals surface area contributed by atoms with Crippen LogP contribution in [0.3, 0.4) is 0 Å². The van der Waals surface area contributed by atoms with Crippen LogP contribution >= 0.6 is 0 Å². The molecule has 1 atom stereocenters. The summed E-state index contributed by atoms with van der Waals surface area (Å²) in [6, 6.07) is 17.7. The Balaban J connectivity index is 1.86. The number of benzene rings is 3. The van der Waals surface area contributed by atoms with Gasteiger partial charge in [0.2, 0.25) is 0 Å². The van der Waals surface area contributed by atoms with Gasteiger partial charge >= 0.3 is 5.97 Å². The maximum Gasteiger partial charge on any atom is 0.308 e. The lowest BCUT2D eigenvalue weighted by Gasteiger charge is -2.38. The van der Waals surface area contributed by atoms with Crippen LogP contribution in [-0.4, -0.2) is 33.2 Å². The zero-order valence-electron chi connectivity index (χ0n) is 18.7. The van der Waals surface area contributed by atoms with Crippen LogP contribution in [0.2, 0.25) is 0 Å². The molecular weight excluding hydrogens is 424 g/mol. The van der Waals surface area contributed by atoms with Crippen molar-refractivity contribution in [1.29, 1.82) is 0 Å². The molecule has 1 amide bonds. The SMILES string of the molecule is COc1ccc(N2C(=O)c3ccccc3N[C@H]2c2ccc(OC(C)=O)c(OC)c2)c(OC)c1. The number of anilines is 2. The number of ether oxygens (including phenoxy) is 4. The van der Waals surface area contributed by atoms with Crippen molar-refractivity contribution < 1.29 is 28.5 Å². The van der Waals surface area contributed by atoms with Gasteiger partial charge in [0, 0.05) is 18.7 Å².